The molecule has 1 aliphatic rings. The molecule has 1 fully saturated rings. The number of nitrogens with two attached hydrogens (primary N) is 1. The maximum Gasteiger partial charge on any atom is 0.166 e. The van der Waals surface area contributed by atoms with E-state index in [1.807, 2.05) is 10.9 Å². The summed E-state index contributed by atoms with van der Waals surface area (Å²) in [6.45, 7) is 1.96. The molecule has 3 heterocycles. The average Bonchev–Trinajstić information content (AvgIpc) is 3.30. The smallest absolute Gasteiger partial charge is 0.166 e. The first-order valence-corrected chi connectivity index (χ1v) is 10.7. The van der Waals surface area contributed by atoms with Gasteiger partial charge in [0, 0.05) is 29.1 Å². The molecule has 1 aromatic carbocycles. The Morgan fingerprint density at radius 3 is 2.97 bits per heavy atom. The summed E-state index contributed by atoms with van der Waals surface area (Å²) >= 11 is 0. The summed E-state index contributed by atoms with van der Waals surface area (Å²) < 4.78 is 24.6. The van der Waals surface area contributed by atoms with Crippen LogP contribution in [0.5, 0.6) is 5.75 Å². The van der Waals surface area contributed by atoms with E-state index < -0.39 is 12.2 Å². The fourth-order valence-electron chi connectivity index (χ4n) is 3.41. The van der Waals surface area contributed by atoms with Crippen molar-refractivity contribution in [3.63, 3.8) is 0 Å². The van der Waals surface area contributed by atoms with E-state index in [0.717, 1.165) is 30.5 Å². The van der Waals surface area contributed by atoms with Crippen LogP contribution in [0.4, 0.5) is 5.82 Å². The van der Waals surface area contributed by atoms with Crippen LogP contribution in [-0.4, -0.2) is 32.0 Å². The van der Waals surface area contributed by atoms with E-state index >= 15 is 0 Å². The summed E-state index contributed by atoms with van der Waals surface area (Å²) in [5.74, 6) is 5.81. The second-order valence-electron chi connectivity index (χ2n) is 8.38. The SMILES string of the molecule is [2H]C([2H])(Oc1cc(-c2cnn(C3CCCCN3)c2)cnc1N)c1cccc(C#CC(C)(C)O)c1. The van der Waals surface area contributed by atoms with Gasteiger partial charge in [0.25, 0.3) is 0 Å². The minimum Gasteiger partial charge on any atom is -0.485 e. The molecule has 166 valence electrons. The molecule has 1 saturated heterocycles. The number of hydrogen-bond acceptors (Lipinski definition) is 6. The fourth-order valence-corrected chi connectivity index (χ4v) is 3.41. The zero-order chi connectivity index (χ0) is 24.3. The van der Waals surface area contributed by atoms with Crippen molar-refractivity contribution in [1.82, 2.24) is 20.1 Å². The minimum atomic E-state index is -2.18. The van der Waals surface area contributed by atoms with E-state index in [1.54, 1.807) is 56.6 Å². The molecule has 1 atom stereocenters. The summed E-state index contributed by atoms with van der Waals surface area (Å²) in [6, 6.07) is 8.31. The maximum absolute atomic E-state index is 9.83. The normalized spacial score (nSPS) is 17.7. The predicted octanol–water partition coefficient (Wildman–Crippen LogP) is 3.50. The number of ether oxygens (including phenoxy) is 1. The highest BCUT2D eigenvalue weighted by molar-refractivity contribution is 5.65. The molecule has 0 radical (unpaired) electrons. The number of benzene rings is 1. The third-order valence-electron chi connectivity index (χ3n) is 5.07. The van der Waals surface area contributed by atoms with E-state index in [9.17, 15) is 5.11 Å². The Kier molecular flexibility index (Phi) is 5.70. The van der Waals surface area contributed by atoms with Crippen LogP contribution in [0.25, 0.3) is 11.1 Å². The molecule has 4 N–H and O–H groups in total. The van der Waals surface area contributed by atoms with Gasteiger partial charge < -0.3 is 15.6 Å². The highest BCUT2D eigenvalue weighted by Gasteiger charge is 2.16. The van der Waals surface area contributed by atoms with E-state index in [4.69, 9.17) is 13.2 Å². The largest absolute Gasteiger partial charge is 0.485 e. The first-order valence-electron chi connectivity index (χ1n) is 11.7. The number of piperidine rings is 1. The van der Waals surface area contributed by atoms with E-state index in [1.165, 1.54) is 6.42 Å². The van der Waals surface area contributed by atoms with Gasteiger partial charge in [-0.2, -0.15) is 5.10 Å². The summed E-state index contributed by atoms with van der Waals surface area (Å²) in [5, 5.41) is 17.8. The van der Waals surface area contributed by atoms with Gasteiger partial charge in [-0.3, -0.25) is 10.00 Å². The Balaban J connectivity index is 1.56. The van der Waals surface area contributed by atoms with Crippen molar-refractivity contribution < 1.29 is 12.6 Å². The van der Waals surface area contributed by atoms with Crippen molar-refractivity contribution >= 4 is 5.82 Å². The van der Waals surface area contributed by atoms with E-state index in [2.05, 4.69) is 27.2 Å². The Morgan fingerprint density at radius 1 is 1.31 bits per heavy atom. The summed E-state index contributed by atoms with van der Waals surface area (Å²) in [4.78, 5) is 4.21. The first kappa shape index (κ1) is 19.4. The Bertz CT molecular complexity index is 1220. The van der Waals surface area contributed by atoms with E-state index in [-0.39, 0.29) is 23.3 Å². The van der Waals surface area contributed by atoms with Gasteiger partial charge in [-0.15, -0.1) is 0 Å². The lowest BCUT2D eigenvalue weighted by atomic mass is 10.1. The van der Waals surface area contributed by atoms with Crippen LogP contribution >= 0.6 is 0 Å². The molecular weight excluding hydrogens is 402 g/mol. The summed E-state index contributed by atoms with van der Waals surface area (Å²) in [6.07, 6.45) is 8.85. The zero-order valence-electron chi connectivity index (χ0n) is 20.3. The molecule has 1 aliphatic heterocycles. The molecule has 0 aliphatic carbocycles. The molecule has 3 aromatic rings. The van der Waals surface area contributed by atoms with Crippen molar-refractivity contribution in [3.05, 3.63) is 60.0 Å². The second kappa shape index (κ2) is 9.43. The zero-order valence-corrected chi connectivity index (χ0v) is 18.3. The Hall–Kier alpha value is -3.34. The Labute approximate surface area is 191 Å². The van der Waals surface area contributed by atoms with Gasteiger partial charge in [-0.1, -0.05) is 24.0 Å². The highest BCUT2D eigenvalue weighted by Crippen LogP contribution is 2.28. The molecule has 0 spiro atoms. The van der Waals surface area contributed by atoms with Crippen LogP contribution < -0.4 is 15.8 Å². The van der Waals surface area contributed by atoms with Crippen LogP contribution in [0, 0.1) is 11.8 Å². The number of nitrogen functional groups attached to an aromatic ring is 1. The first-order chi connectivity index (χ1) is 16.1. The van der Waals surface area contributed by atoms with Crippen molar-refractivity contribution in [2.75, 3.05) is 12.3 Å². The van der Waals surface area contributed by atoms with Gasteiger partial charge in [0.1, 0.15) is 18.3 Å². The lowest BCUT2D eigenvalue weighted by Gasteiger charge is -2.23. The predicted molar refractivity (Wildman–Crippen MR) is 125 cm³/mol. The van der Waals surface area contributed by atoms with E-state index in [0.29, 0.717) is 5.56 Å². The molecule has 7 heteroatoms. The van der Waals surface area contributed by atoms with Gasteiger partial charge in [-0.25, -0.2) is 4.98 Å². The lowest BCUT2D eigenvalue weighted by molar-refractivity contribution is 0.143. The molecule has 0 bridgehead atoms. The summed E-state index contributed by atoms with van der Waals surface area (Å²) in [5.41, 5.74) is 7.28. The van der Waals surface area contributed by atoms with Crippen LogP contribution in [0.3, 0.4) is 0 Å². The van der Waals surface area contributed by atoms with Gasteiger partial charge in [-0.05, 0) is 63.4 Å². The lowest BCUT2D eigenvalue weighted by Crippen LogP contribution is -2.31. The molecule has 0 amide bonds. The van der Waals surface area contributed by atoms with Crippen molar-refractivity contribution in [3.8, 4) is 28.7 Å². The molecule has 0 saturated carbocycles. The average molecular weight is 434 g/mol. The van der Waals surface area contributed by atoms with Crippen molar-refractivity contribution in [2.45, 2.75) is 51.4 Å². The fraction of sp³-hybridized carbons (Fsp3) is 0.360. The Morgan fingerprint density at radius 2 is 2.19 bits per heavy atom. The molecular formula is C25H29N5O2. The highest BCUT2D eigenvalue weighted by atomic mass is 16.5. The van der Waals surface area contributed by atoms with Crippen LogP contribution in [0.2, 0.25) is 0 Å². The molecule has 7 nitrogen and oxygen atoms in total. The number of aromatic nitrogens is 3. The number of rotatable bonds is 5. The van der Waals surface area contributed by atoms with Gasteiger partial charge in [0.2, 0.25) is 0 Å². The van der Waals surface area contributed by atoms with Crippen LogP contribution in [0.15, 0.2) is 48.9 Å². The minimum absolute atomic E-state index is 0.0898. The number of aliphatic hydroxyl groups is 1. The number of nitrogens with one attached hydrogen (secondary N) is 1. The van der Waals surface area contributed by atoms with Gasteiger partial charge in [0.05, 0.1) is 8.94 Å². The third-order valence-corrected chi connectivity index (χ3v) is 5.07. The third kappa shape index (κ3) is 5.67. The number of anilines is 1. The monoisotopic (exact) mass is 433 g/mol. The number of hydrogen-bond donors (Lipinski definition) is 3. The molecule has 1 unspecified atom stereocenters. The molecule has 4 rings (SSSR count). The van der Waals surface area contributed by atoms with Crippen molar-refractivity contribution in [1.29, 1.82) is 0 Å². The standard InChI is InChI=1S/C25H29N5O2/c1-25(2,31)10-9-18-6-5-7-19(12-18)17-32-22-13-20(14-28-24(22)26)21-15-29-30(16-21)23-8-3-4-11-27-23/h5-7,12-16,23,27,31H,3-4,8,11,17H2,1-2H3,(H2,26,28)/i17D2. The van der Waals surface area contributed by atoms with Crippen LogP contribution in [0.1, 0.15) is 53.1 Å². The maximum atomic E-state index is 9.83. The molecule has 32 heavy (non-hydrogen) atoms. The quantitative estimate of drug-likeness (QED) is 0.533. The summed E-state index contributed by atoms with van der Waals surface area (Å²) in [7, 11) is 0. The number of pyridine rings is 1. The van der Waals surface area contributed by atoms with Crippen molar-refractivity contribution in [2.24, 2.45) is 0 Å². The topological polar surface area (TPSA) is 98.2 Å². The second-order valence-corrected chi connectivity index (χ2v) is 8.38. The van der Waals surface area contributed by atoms with Gasteiger partial charge >= 0.3 is 0 Å². The van der Waals surface area contributed by atoms with Gasteiger partial charge in [0.15, 0.2) is 11.6 Å². The van der Waals surface area contributed by atoms with Crippen LogP contribution in [-0.2, 0) is 6.56 Å². The number of nitrogens with zero attached hydrogens (tertiary/aromatic N) is 3. The molecule has 2 aromatic heterocycles.